The summed E-state index contributed by atoms with van der Waals surface area (Å²) in [5.41, 5.74) is 0.965. The minimum atomic E-state index is -4.35. The van der Waals surface area contributed by atoms with E-state index in [1.54, 1.807) is 6.20 Å². The van der Waals surface area contributed by atoms with Crippen LogP contribution >= 0.6 is 0 Å². The van der Waals surface area contributed by atoms with Gasteiger partial charge in [-0.3, -0.25) is 0 Å². The van der Waals surface area contributed by atoms with Crippen molar-refractivity contribution in [3.63, 3.8) is 0 Å². The van der Waals surface area contributed by atoms with Gasteiger partial charge in [-0.2, -0.15) is 18.3 Å². The van der Waals surface area contributed by atoms with Crippen LogP contribution in [0, 0.1) is 0 Å². The van der Waals surface area contributed by atoms with Gasteiger partial charge in [-0.05, 0) is 24.3 Å². The summed E-state index contributed by atoms with van der Waals surface area (Å²) in [6, 6.07) is 4.77. The molecule has 114 valence electrons. The fourth-order valence-electron chi connectivity index (χ4n) is 2.09. The molecule has 0 unspecified atom stereocenters. The minimum Gasteiger partial charge on any atom is -0.392 e. The van der Waals surface area contributed by atoms with Gasteiger partial charge in [0.05, 0.1) is 23.6 Å². The zero-order valence-corrected chi connectivity index (χ0v) is 12.1. The Kier molecular flexibility index (Phi) is 3.84. The summed E-state index contributed by atoms with van der Waals surface area (Å²) in [7, 11) is 0. The molecule has 2 aromatic rings. The first-order valence-electron chi connectivity index (χ1n) is 6.50. The van der Waals surface area contributed by atoms with E-state index in [1.165, 1.54) is 16.8 Å². The van der Waals surface area contributed by atoms with Gasteiger partial charge >= 0.3 is 6.18 Å². The first-order valence-corrected chi connectivity index (χ1v) is 6.50. The third-order valence-electron chi connectivity index (χ3n) is 3.13. The molecule has 1 heterocycles. The summed E-state index contributed by atoms with van der Waals surface area (Å²) in [5.74, 6) is 0. The summed E-state index contributed by atoms with van der Waals surface area (Å²) in [6.07, 6.45) is -2.71. The zero-order chi connectivity index (χ0) is 15.8. The van der Waals surface area contributed by atoms with Crippen molar-refractivity contribution >= 4 is 0 Å². The second kappa shape index (κ2) is 5.18. The number of aliphatic hydroxyl groups excluding tert-OH is 1. The van der Waals surface area contributed by atoms with Gasteiger partial charge in [-0.15, -0.1) is 0 Å². The van der Waals surface area contributed by atoms with Gasteiger partial charge in [0.15, 0.2) is 0 Å². The van der Waals surface area contributed by atoms with E-state index in [9.17, 15) is 18.3 Å². The standard InChI is InChI=1S/C15H17F3N2O/c1-14(2,3)13-10(9-21)8-20(19-13)12-6-4-11(5-7-12)15(16,17)18/h4-8,21H,9H2,1-3H3. The summed E-state index contributed by atoms with van der Waals surface area (Å²) < 4.78 is 39.1. The fraction of sp³-hybridized carbons (Fsp3) is 0.400. The van der Waals surface area contributed by atoms with Gasteiger partial charge in [0.2, 0.25) is 0 Å². The molecule has 6 heteroatoms. The molecule has 0 saturated carbocycles. The van der Waals surface area contributed by atoms with E-state index in [0.717, 1.165) is 17.8 Å². The third kappa shape index (κ3) is 3.26. The highest BCUT2D eigenvalue weighted by Crippen LogP contribution is 2.30. The van der Waals surface area contributed by atoms with Crippen molar-refractivity contribution in [2.75, 3.05) is 0 Å². The van der Waals surface area contributed by atoms with Gasteiger partial charge in [0, 0.05) is 17.2 Å². The lowest BCUT2D eigenvalue weighted by Gasteiger charge is -2.16. The summed E-state index contributed by atoms with van der Waals surface area (Å²) in [5, 5.41) is 13.8. The Bertz CT molecular complexity index is 622. The van der Waals surface area contributed by atoms with Crippen molar-refractivity contribution in [3.05, 3.63) is 47.3 Å². The minimum absolute atomic E-state index is 0.159. The number of rotatable bonds is 2. The average molecular weight is 298 g/mol. The molecule has 21 heavy (non-hydrogen) atoms. The average Bonchev–Trinajstić information content (AvgIpc) is 2.82. The molecule has 0 bridgehead atoms. The molecule has 1 aromatic carbocycles. The molecule has 0 aliphatic heterocycles. The van der Waals surface area contributed by atoms with Crippen LogP contribution in [0.15, 0.2) is 30.5 Å². The summed E-state index contributed by atoms with van der Waals surface area (Å²) in [4.78, 5) is 0. The number of aromatic nitrogens is 2. The van der Waals surface area contributed by atoms with Crippen LogP contribution in [-0.2, 0) is 18.2 Å². The molecule has 0 spiro atoms. The molecule has 0 radical (unpaired) electrons. The Hall–Kier alpha value is -1.82. The van der Waals surface area contributed by atoms with Gasteiger partial charge in [0.1, 0.15) is 0 Å². The van der Waals surface area contributed by atoms with E-state index in [0.29, 0.717) is 11.3 Å². The molecule has 0 aliphatic carbocycles. The molecule has 0 amide bonds. The number of benzene rings is 1. The van der Waals surface area contributed by atoms with Gasteiger partial charge < -0.3 is 5.11 Å². The van der Waals surface area contributed by atoms with Gasteiger partial charge in [-0.1, -0.05) is 20.8 Å². The van der Waals surface area contributed by atoms with Crippen LogP contribution in [0.1, 0.15) is 37.6 Å². The topological polar surface area (TPSA) is 38.0 Å². The Labute approximate surface area is 121 Å². The van der Waals surface area contributed by atoms with Crippen LogP contribution < -0.4 is 0 Å². The maximum absolute atomic E-state index is 12.5. The van der Waals surface area contributed by atoms with Crippen LogP contribution in [0.3, 0.4) is 0 Å². The monoisotopic (exact) mass is 298 g/mol. The third-order valence-corrected chi connectivity index (χ3v) is 3.13. The molecular weight excluding hydrogens is 281 g/mol. The Morgan fingerprint density at radius 2 is 1.67 bits per heavy atom. The first-order chi connectivity index (χ1) is 9.63. The molecule has 1 N–H and O–H groups in total. The lowest BCUT2D eigenvalue weighted by atomic mass is 9.90. The fourth-order valence-corrected chi connectivity index (χ4v) is 2.09. The number of hydrogen-bond acceptors (Lipinski definition) is 2. The predicted octanol–water partition coefficient (Wildman–Crippen LogP) is 3.68. The summed E-state index contributed by atoms with van der Waals surface area (Å²) >= 11 is 0. The van der Waals surface area contributed by atoms with E-state index in [1.807, 2.05) is 20.8 Å². The normalized spacial score (nSPS) is 12.7. The Morgan fingerprint density at radius 1 is 1.10 bits per heavy atom. The lowest BCUT2D eigenvalue weighted by Crippen LogP contribution is -2.15. The van der Waals surface area contributed by atoms with Crippen LogP contribution in [0.2, 0.25) is 0 Å². The SMILES string of the molecule is CC(C)(C)c1nn(-c2ccc(C(F)(F)F)cc2)cc1CO. The lowest BCUT2D eigenvalue weighted by molar-refractivity contribution is -0.137. The van der Waals surface area contributed by atoms with Crippen LogP contribution in [-0.4, -0.2) is 14.9 Å². The van der Waals surface area contributed by atoms with Gasteiger partial charge in [-0.25, -0.2) is 4.68 Å². The summed E-state index contributed by atoms with van der Waals surface area (Å²) in [6.45, 7) is 5.73. The number of alkyl halides is 3. The Balaban J connectivity index is 2.41. The maximum Gasteiger partial charge on any atom is 0.416 e. The predicted molar refractivity (Wildman–Crippen MR) is 73.2 cm³/mol. The molecule has 2 rings (SSSR count). The second-order valence-corrected chi connectivity index (χ2v) is 5.90. The van der Waals surface area contributed by atoms with E-state index in [2.05, 4.69) is 5.10 Å². The number of hydrogen-bond donors (Lipinski definition) is 1. The number of aliphatic hydroxyl groups is 1. The van der Waals surface area contributed by atoms with Crippen LogP contribution in [0.25, 0.3) is 5.69 Å². The van der Waals surface area contributed by atoms with E-state index in [-0.39, 0.29) is 12.0 Å². The highest BCUT2D eigenvalue weighted by Gasteiger charge is 2.30. The molecule has 1 aromatic heterocycles. The van der Waals surface area contributed by atoms with Crippen molar-refractivity contribution in [2.24, 2.45) is 0 Å². The Morgan fingerprint density at radius 3 is 2.05 bits per heavy atom. The zero-order valence-electron chi connectivity index (χ0n) is 12.1. The smallest absolute Gasteiger partial charge is 0.392 e. The van der Waals surface area contributed by atoms with Crippen molar-refractivity contribution in [1.82, 2.24) is 9.78 Å². The highest BCUT2D eigenvalue weighted by atomic mass is 19.4. The van der Waals surface area contributed by atoms with E-state index in [4.69, 9.17) is 0 Å². The first kappa shape index (κ1) is 15.6. The second-order valence-electron chi connectivity index (χ2n) is 5.90. The quantitative estimate of drug-likeness (QED) is 0.918. The molecule has 0 atom stereocenters. The van der Waals surface area contributed by atoms with Crippen molar-refractivity contribution in [1.29, 1.82) is 0 Å². The number of halogens is 3. The van der Waals surface area contributed by atoms with Crippen LogP contribution in [0.4, 0.5) is 13.2 Å². The van der Waals surface area contributed by atoms with Crippen molar-refractivity contribution in [2.45, 2.75) is 39.0 Å². The van der Waals surface area contributed by atoms with Crippen molar-refractivity contribution in [3.8, 4) is 5.69 Å². The van der Waals surface area contributed by atoms with Crippen molar-refractivity contribution < 1.29 is 18.3 Å². The molecule has 3 nitrogen and oxygen atoms in total. The largest absolute Gasteiger partial charge is 0.416 e. The highest BCUT2D eigenvalue weighted by molar-refractivity contribution is 5.37. The van der Waals surface area contributed by atoms with Crippen LogP contribution in [0.5, 0.6) is 0 Å². The maximum atomic E-state index is 12.5. The molecule has 0 aliphatic rings. The molecule has 0 saturated heterocycles. The molecule has 0 fully saturated rings. The molecular formula is C15H17F3N2O. The van der Waals surface area contributed by atoms with E-state index < -0.39 is 11.7 Å². The van der Waals surface area contributed by atoms with E-state index >= 15 is 0 Å². The van der Waals surface area contributed by atoms with Gasteiger partial charge in [0.25, 0.3) is 0 Å². The number of nitrogens with zero attached hydrogens (tertiary/aromatic N) is 2.